The standard InChI is InChI=1S/C22H22ClN5O3/c1-13(2)31-21(29)19-14(3)24-22-25-26-27-28(22)20(19)16-6-10-18(11-7-16)30-12-15-4-8-17(23)9-5-15/h4-11,13,20H,12H2,1-3H3,(H,24,25,27). The van der Waals surface area contributed by atoms with E-state index in [9.17, 15) is 4.79 Å². The highest BCUT2D eigenvalue weighted by atomic mass is 35.5. The quantitative estimate of drug-likeness (QED) is 0.577. The van der Waals surface area contributed by atoms with Crippen LogP contribution >= 0.6 is 11.6 Å². The highest BCUT2D eigenvalue weighted by Crippen LogP contribution is 2.35. The van der Waals surface area contributed by atoms with Crippen molar-refractivity contribution in [3.05, 3.63) is 76.0 Å². The summed E-state index contributed by atoms with van der Waals surface area (Å²) in [7, 11) is 0. The van der Waals surface area contributed by atoms with Gasteiger partial charge in [-0.15, -0.1) is 0 Å². The molecule has 0 saturated heterocycles. The first kappa shape index (κ1) is 20.9. The zero-order valence-corrected chi connectivity index (χ0v) is 18.1. The molecule has 1 aliphatic rings. The number of hydrogen-bond acceptors (Lipinski definition) is 7. The van der Waals surface area contributed by atoms with Gasteiger partial charge in [0.25, 0.3) is 0 Å². The summed E-state index contributed by atoms with van der Waals surface area (Å²) in [6.07, 6.45) is -0.243. The van der Waals surface area contributed by atoms with Gasteiger partial charge >= 0.3 is 5.97 Å². The Morgan fingerprint density at radius 3 is 2.55 bits per heavy atom. The Morgan fingerprint density at radius 1 is 1.16 bits per heavy atom. The van der Waals surface area contributed by atoms with Gasteiger partial charge in [-0.25, -0.2) is 4.79 Å². The highest BCUT2D eigenvalue weighted by Gasteiger charge is 2.35. The normalized spacial score (nSPS) is 15.5. The maximum absolute atomic E-state index is 12.8. The van der Waals surface area contributed by atoms with Crippen molar-refractivity contribution in [3.8, 4) is 5.75 Å². The van der Waals surface area contributed by atoms with Gasteiger partial charge in [-0.05, 0) is 66.6 Å². The Bertz CT molecular complexity index is 1110. The molecular weight excluding hydrogens is 418 g/mol. The van der Waals surface area contributed by atoms with Crippen LogP contribution in [0.5, 0.6) is 5.75 Å². The number of tetrazole rings is 1. The number of hydrogen-bond donors (Lipinski definition) is 1. The first-order valence-corrected chi connectivity index (χ1v) is 10.2. The predicted octanol–water partition coefficient (Wildman–Crippen LogP) is 4.15. The third-order valence-electron chi connectivity index (χ3n) is 4.79. The van der Waals surface area contributed by atoms with Gasteiger partial charge in [0.15, 0.2) is 0 Å². The van der Waals surface area contributed by atoms with Crippen LogP contribution in [0.25, 0.3) is 0 Å². The monoisotopic (exact) mass is 439 g/mol. The predicted molar refractivity (Wildman–Crippen MR) is 116 cm³/mol. The molecular formula is C22H22ClN5O3. The zero-order valence-electron chi connectivity index (χ0n) is 17.4. The zero-order chi connectivity index (χ0) is 22.0. The number of fused-ring (bicyclic) bond motifs is 1. The molecule has 1 atom stereocenters. The maximum Gasteiger partial charge on any atom is 0.338 e. The van der Waals surface area contributed by atoms with Gasteiger partial charge in [-0.3, -0.25) is 0 Å². The number of esters is 1. The van der Waals surface area contributed by atoms with Gasteiger partial charge in [0.2, 0.25) is 5.95 Å². The number of anilines is 1. The second-order valence-electron chi connectivity index (χ2n) is 7.45. The summed E-state index contributed by atoms with van der Waals surface area (Å²) in [4.78, 5) is 12.8. The minimum atomic E-state index is -0.511. The smallest absolute Gasteiger partial charge is 0.338 e. The summed E-state index contributed by atoms with van der Waals surface area (Å²) in [6, 6.07) is 14.5. The lowest BCUT2D eigenvalue weighted by atomic mass is 9.95. The average Bonchev–Trinajstić information content (AvgIpc) is 3.20. The van der Waals surface area contributed by atoms with Gasteiger partial charge in [-0.1, -0.05) is 41.0 Å². The largest absolute Gasteiger partial charge is 0.489 e. The minimum Gasteiger partial charge on any atom is -0.489 e. The molecule has 2 aromatic carbocycles. The number of carbonyl (C=O) groups excluding carboxylic acids is 1. The molecule has 1 aromatic heterocycles. The van der Waals surface area contributed by atoms with Crippen LogP contribution in [0.15, 0.2) is 59.8 Å². The van der Waals surface area contributed by atoms with E-state index >= 15 is 0 Å². The number of allylic oxidation sites excluding steroid dienone is 1. The number of halogens is 1. The minimum absolute atomic E-state index is 0.243. The van der Waals surface area contributed by atoms with E-state index in [0.717, 1.165) is 11.1 Å². The first-order valence-electron chi connectivity index (χ1n) is 9.86. The summed E-state index contributed by atoms with van der Waals surface area (Å²) < 4.78 is 12.9. The molecule has 0 saturated carbocycles. The number of benzene rings is 2. The lowest BCUT2D eigenvalue weighted by Gasteiger charge is -2.28. The number of carbonyl (C=O) groups is 1. The molecule has 3 aromatic rings. The number of nitrogens with one attached hydrogen (secondary N) is 1. The number of aromatic nitrogens is 4. The first-order chi connectivity index (χ1) is 14.9. The molecule has 1 N–H and O–H groups in total. The Balaban J connectivity index is 1.58. The van der Waals surface area contributed by atoms with Crippen molar-refractivity contribution in [2.45, 2.75) is 39.5 Å². The van der Waals surface area contributed by atoms with Crippen molar-refractivity contribution in [2.24, 2.45) is 0 Å². The van der Waals surface area contributed by atoms with Gasteiger partial charge in [-0.2, -0.15) is 4.68 Å². The van der Waals surface area contributed by atoms with Crippen LogP contribution in [0.4, 0.5) is 5.95 Å². The molecule has 8 nitrogen and oxygen atoms in total. The van der Waals surface area contributed by atoms with Crippen LogP contribution in [0.1, 0.15) is 37.9 Å². The number of nitrogens with zero attached hydrogens (tertiary/aromatic N) is 4. The number of rotatable bonds is 6. The molecule has 1 unspecified atom stereocenters. The van der Waals surface area contributed by atoms with E-state index in [-0.39, 0.29) is 6.10 Å². The lowest BCUT2D eigenvalue weighted by Crippen LogP contribution is -2.30. The number of ether oxygens (including phenoxy) is 2. The van der Waals surface area contributed by atoms with E-state index in [1.165, 1.54) is 0 Å². The van der Waals surface area contributed by atoms with E-state index in [0.29, 0.717) is 34.6 Å². The SMILES string of the molecule is CC1=C(C(=O)OC(C)C)C(c2ccc(OCc3ccc(Cl)cc3)cc2)n2nnnc2N1. The molecule has 0 spiro atoms. The van der Waals surface area contributed by atoms with Crippen molar-refractivity contribution in [1.82, 2.24) is 20.2 Å². The van der Waals surface area contributed by atoms with Crippen molar-refractivity contribution < 1.29 is 14.3 Å². The molecule has 2 heterocycles. The molecule has 0 amide bonds. The van der Waals surface area contributed by atoms with E-state index < -0.39 is 12.0 Å². The van der Waals surface area contributed by atoms with Crippen LogP contribution in [0, 0.1) is 0 Å². The third-order valence-corrected chi connectivity index (χ3v) is 5.04. The molecule has 0 radical (unpaired) electrons. The van der Waals surface area contributed by atoms with Crippen LogP contribution in [0.3, 0.4) is 0 Å². The van der Waals surface area contributed by atoms with E-state index in [4.69, 9.17) is 21.1 Å². The van der Waals surface area contributed by atoms with Crippen molar-refractivity contribution in [1.29, 1.82) is 0 Å². The molecule has 9 heteroatoms. The second kappa shape index (κ2) is 8.77. The van der Waals surface area contributed by atoms with Crippen LogP contribution in [-0.2, 0) is 16.1 Å². The van der Waals surface area contributed by atoms with E-state index in [1.54, 1.807) is 4.68 Å². The topological polar surface area (TPSA) is 91.2 Å². The molecule has 0 aliphatic carbocycles. The average molecular weight is 440 g/mol. The summed E-state index contributed by atoms with van der Waals surface area (Å²) in [5.74, 6) is 0.762. The van der Waals surface area contributed by atoms with Gasteiger partial charge in [0.1, 0.15) is 18.4 Å². The molecule has 4 rings (SSSR count). The fraction of sp³-hybridized carbons (Fsp3) is 0.273. The highest BCUT2D eigenvalue weighted by molar-refractivity contribution is 6.30. The summed E-state index contributed by atoms with van der Waals surface area (Å²) in [5.41, 5.74) is 2.97. The summed E-state index contributed by atoms with van der Waals surface area (Å²) in [5, 5.41) is 15.6. The maximum atomic E-state index is 12.8. The molecule has 160 valence electrons. The van der Waals surface area contributed by atoms with Crippen LogP contribution in [0.2, 0.25) is 5.02 Å². The van der Waals surface area contributed by atoms with Crippen LogP contribution in [-0.4, -0.2) is 32.3 Å². The molecule has 1 aliphatic heterocycles. The summed E-state index contributed by atoms with van der Waals surface area (Å²) >= 11 is 5.92. The Morgan fingerprint density at radius 2 is 1.87 bits per heavy atom. The van der Waals surface area contributed by atoms with Gasteiger partial charge < -0.3 is 14.8 Å². The second-order valence-corrected chi connectivity index (χ2v) is 7.89. The fourth-order valence-corrected chi connectivity index (χ4v) is 3.48. The fourth-order valence-electron chi connectivity index (χ4n) is 3.36. The van der Waals surface area contributed by atoms with Crippen molar-refractivity contribution in [2.75, 3.05) is 5.32 Å². The van der Waals surface area contributed by atoms with E-state index in [2.05, 4.69) is 20.8 Å². The third kappa shape index (κ3) is 4.54. The van der Waals surface area contributed by atoms with Crippen molar-refractivity contribution in [3.63, 3.8) is 0 Å². The molecule has 31 heavy (non-hydrogen) atoms. The molecule has 0 fully saturated rings. The van der Waals surface area contributed by atoms with Crippen LogP contribution < -0.4 is 10.1 Å². The van der Waals surface area contributed by atoms with Gasteiger partial charge in [0, 0.05) is 10.7 Å². The lowest BCUT2D eigenvalue weighted by molar-refractivity contribution is -0.143. The Kier molecular flexibility index (Phi) is 5.90. The van der Waals surface area contributed by atoms with E-state index in [1.807, 2.05) is 69.3 Å². The molecule has 0 bridgehead atoms. The Hall–Kier alpha value is -3.39. The van der Waals surface area contributed by atoms with Gasteiger partial charge in [0.05, 0.1) is 11.7 Å². The van der Waals surface area contributed by atoms with Crippen molar-refractivity contribution >= 4 is 23.5 Å². The summed E-state index contributed by atoms with van der Waals surface area (Å²) in [6.45, 7) is 5.86. The Labute approximate surface area is 184 Å².